The highest BCUT2D eigenvalue weighted by Gasteiger charge is 2.05. The van der Waals surface area contributed by atoms with E-state index in [-0.39, 0.29) is 11.3 Å². The average molecular weight is 256 g/mol. The molecule has 0 bridgehead atoms. The number of carbonyl (C=O) groups is 1. The van der Waals surface area contributed by atoms with Gasteiger partial charge in [0, 0.05) is 11.9 Å². The first kappa shape index (κ1) is 14.0. The van der Waals surface area contributed by atoms with E-state index in [1.807, 2.05) is 13.0 Å². The zero-order valence-electron chi connectivity index (χ0n) is 9.99. The van der Waals surface area contributed by atoms with Gasteiger partial charge in [-0.15, -0.1) is 11.6 Å². The number of carbonyl (C=O) groups excluding carboxylic acids is 1. The van der Waals surface area contributed by atoms with E-state index >= 15 is 0 Å². The standard InChI is InChI=1S/C13H18ClNO2/c1-11(14)7-5-6-10-15-17-13(16)12-8-3-2-4-9-12/h2-4,8-9,11,15H,5-7,10H2,1H3. The van der Waals surface area contributed by atoms with Gasteiger partial charge in [0.15, 0.2) is 0 Å². The summed E-state index contributed by atoms with van der Waals surface area (Å²) in [6.45, 7) is 2.63. The monoisotopic (exact) mass is 255 g/mol. The van der Waals surface area contributed by atoms with Crippen molar-refractivity contribution in [3.8, 4) is 0 Å². The quantitative estimate of drug-likeness (QED) is 0.462. The Morgan fingerprint density at radius 3 is 2.71 bits per heavy atom. The van der Waals surface area contributed by atoms with Crippen molar-refractivity contribution in [2.24, 2.45) is 0 Å². The van der Waals surface area contributed by atoms with Gasteiger partial charge >= 0.3 is 5.97 Å². The summed E-state index contributed by atoms with van der Waals surface area (Å²) >= 11 is 5.82. The van der Waals surface area contributed by atoms with Gasteiger partial charge in [0.1, 0.15) is 0 Å². The molecule has 0 spiro atoms. The molecular formula is C13H18ClNO2. The fourth-order valence-electron chi connectivity index (χ4n) is 1.37. The Hall–Kier alpha value is -1.06. The maximum absolute atomic E-state index is 11.5. The molecule has 0 saturated carbocycles. The van der Waals surface area contributed by atoms with Crippen LogP contribution < -0.4 is 5.48 Å². The van der Waals surface area contributed by atoms with E-state index in [9.17, 15) is 4.79 Å². The molecule has 1 aromatic rings. The Balaban J connectivity index is 2.09. The molecule has 1 rings (SSSR count). The first-order valence-electron chi connectivity index (χ1n) is 5.83. The van der Waals surface area contributed by atoms with Crippen LogP contribution in [-0.2, 0) is 4.84 Å². The largest absolute Gasteiger partial charge is 0.367 e. The van der Waals surface area contributed by atoms with Crippen molar-refractivity contribution in [2.45, 2.75) is 31.6 Å². The van der Waals surface area contributed by atoms with E-state index in [0.29, 0.717) is 12.1 Å². The highest BCUT2D eigenvalue weighted by molar-refractivity contribution is 6.20. The van der Waals surface area contributed by atoms with E-state index in [2.05, 4.69) is 5.48 Å². The van der Waals surface area contributed by atoms with Crippen LogP contribution in [0.1, 0.15) is 36.5 Å². The molecule has 1 atom stereocenters. The number of rotatable bonds is 7. The van der Waals surface area contributed by atoms with Crippen LogP contribution >= 0.6 is 11.6 Å². The number of hydroxylamine groups is 1. The fourth-order valence-corrected chi connectivity index (χ4v) is 1.53. The zero-order valence-corrected chi connectivity index (χ0v) is 10.7. The lowest BCUT2D eigenvalue weighted by atomic mass is 10.2. The number of halogens is 1. The second-order valence-electron chi connectivity index (χ2n) is 3.93. The Morgan fingerprint density at radius 2 is 2.06 bits per heavy atom. The van der Waals surface area contributed by atoms with Crippen molar-refractivity contribution in [2.75, 3.05) is 6.54 Å². The summed E-state index contributed by atoms with van der Waals surface area (Å²) in [5, 5.41) is 0.210. The predicted octanol–water partition coefficient (Wildman–Crippen LogP) is 3.15. The summed E-state index contributed by atoms with van der Waals surface area (Å²) in [7, 11) is 0. The van der Waals surface area contributed by atoms with Crippen molar-refractivity contribution in [1.82, 2.24) is 5.48 Å². The lowest BCUT2D eigenvalue weighted by Crippen LogP contribution is -2.21. The van der Waals surface area contributed by atoms with Gasteiger partial charge in [0.25, 0.3) is 0 Å². The molecule has 94 valence electrons. The van der Waals surface area contributed by atoms with Crippen molar-refractivity contribution in [3.05, 3.63) is 35.9 Å². The Labute approximate surface area is 107 Å². The molecule has 0 saturated heterocycles. The fraction of sp³-hybridized carbons (Fsp3) is 0.462. The van der Waals surface area contributed by atoms with Crippen LogP contribution in [0.2, 0.25) is 0 Å². The van der Waals surface area contributed by atoms with Crippen LogP contribution in [0, 0.1) is 0 Å². The lowest BCUT2D eigenvalue weighted by Gasteiger charge is -2.06. The summed E-state index contributed by atoms with van der Waals surface area (Å²) in [5.41, 5.74) is 3.22. The van der Waals surface area contributed by atoms with Crippen LogP contribution in [0.4, 0.5) is 0 Å². The number of alkyl halides is 1. The van der Waals surface area contributed by atoms with Gasteiger partial charge < -0.3 is 4.84 Å². The molecule has 17 heavy (non-hydrogen) atoms. The smallest absolute Gasteiger partial charge is 0.356 e. The minimum Gasteiger partial charge on any atom is -0.367 e. The zero-order chi connectivity index (χ0) is 12.5. The highest BCUT2D eigenvalue weighted by Crippen LogP contribution is 2.05. The lowest BCUT2D eigenvalue weighted by molar-refractivity contribution is 0.0251. The maximum Gasteiger partial charge on any atom is 0.356 e. The summed E-state index contributed by atoms with van der Waals surface area (Å²) in [6.07, 6.45) is 2.95. The summed E-state index contributed by atoms with van der Waals surface area (Å²) in [4.78, 5) is 16.4. The first-order chi connectivity index (χ1) is 8.20. The number of hydrogen-bond acceptors (Lipinski definition) is 3. The molecule has 4 heteroatoms. The third kappa shape index (κ3) is 6.29. The van der Waals surface area contributed by atoms with E-state index < -0.39 is 0 Å². The van der Waals surface area contributed by atoms with Crippen LogP contribution in [0.5, 0.6) is 0 Å². The SMILES string of the molecule is CC(Cl)CCCCNOC(=O)c1ccccc1. The Kier molecular flexibility index (Phi) is 6.67. The van der Waals surface area contributed by atoms with Gasteiger partial charge in [0.05, 0.1) is 5.56 Å². The van der Waals surface area contributed by atoms with Gasteiger partial charge in [-0.05, 0) is 31.9 Å². The number of benzene rings is 1. The predicted molar refractivity (Wildman–Crippen MR) is 69.0 cm³/mol. The summed E-state index contributed by atoms with van der Waals surface area (Å²) < 4.78 is 0. The maximum atomic E-state index is 11.5. The highest BCUT2D eigenvalue weighted by atomic mass is 35.5. The summed E-state index contributed by atoms with van der Waals surface area (Å²) in [5.74, 6) is -0.351. The first-order valence-corrected chi connectivity index (χ1v) is 6.27. The molecule has 0 aliphatic rings. The van der Waals surface area contributed by atoms with E-state index in [1.165, 1.54) is 0 Å². The molecule has 3 nitrogen and oxygen atoms in total. The number of nitrogens with one attached hydrogen (secondary N) is 1. The van der Waals surface area contributed by atoms with Gasteiger partial charge in [-0.25, -0.2) is 4.79 Å². The van der Waals surface area contributed by atoms with Crippen LogP contribution in [-0.4, -0.2) is 17.9 Å². The van der Waals surface area contributed by atoms with E-state index in [1.54, 1.807) is 24.3 Å². The molecule has 1 unspecified atom stereocenters. The Morgan fingerprint density at radius 1 is 1.35 bits per heavy atom. The van der Waals surface area contributed by atoms with Crippen molar-refractivity contribution in [1.29, 1.82) is 0 Å². The van der Waals surface area contributed by atoms with Gasteiger partial charge in [-0.2, -0.15) is 5.48 Å². The van der Waals surface area contributed by atoms with E-state index in [4.69, 9.17) is 16.4 Å². The van der Waals surface area contributed by atoms with Crippen molar-refractivity contribution in [3.63, 3.8) is 0 Å². The average Bonchev–Trinajstić information content (AvgIpc) is 2.34. The third-order valence-electron chi connectivity index (χ3n) is 2.31. The molecule has 0 amide bonds. The number of hydrogen-bond donors (Lipinski definition) is 1. The normalized spacial score (nSPS) is 12.1. The van der Waals surface area contributed by atoms with Crippen molar-refractivity contribution < 1.29 is 9.63 Å². The molecule has 0 radical (unpaired) electrons. The molecule has 0 heterocycles. The number of unbranched alkanes of at least 4 members (excludes halogenated alkanes) is 1. The van der Waals surface area contributed by atoms with Crippen molar-refractivity contribution >= 4 is 17.6 Å². The molecule has 0 aliphatic heterocycles. The van der Waals surface area contributed by atoms with Crippen LogP contribution in [0.15, 0.2) is 30.3 Å². The molecular weight excluding hydrogens is 238 g/mol. The third-order valence-corrected chi connectivity index (χ3v) is 2.52. The minimum absolute atomic E-state index is 0.210. The second-order valence-corrected chi connectivity index (χ2v) is 4.67. The minimum atomic E-state index is -0.351. The van der Waals surface area contributed by atoms with Gasteiger partial charge in [-0.1, -0.05) is 24.6 Å². The molecule has 0 fully saturated rings. The van der Waals surface area contributed by atoms with Crippen LogP contribution in [0.3, 0.4) is 0 Å². The molecule has 0 aliphatic carbocycles. The van der Waals surface area contributed by atoms with E-state index in [0.717, 1.165) is 19.3 Å². The molecule has 0 aromatic heterocycles. The molecule has 1 N–H and O–H groups in total. The van der Waals surface area contributed by atoms with Gasteiger partial charge in [-0.3, -0.25) is 0 Å². The summed E-state index contributed by atoms with van der Waals surface area (Å²) in [6, 6.07) is 8.91. The van der Waals surface area contributed by atoms with Gasteiger partial charge in [0.2, 0.25) is 0 Å². The Bertz CT molecular complexity index is 327. The second kappa shape index (κ2) is 8.09. The topological polar surface area (TPSA) is 38.3 Å². The van der Waals surface area contributed by atoms with Crippen LogP contribution in [0.25, 0.3) is 0 Å². The molecule has 1 aromatic carbocycles.